The fourth-order valence-corrected chi connectivity index (χ4v) is 3.63. The fourth-order valence-electron chi connectivity index (χ4n) is 1.71. The summed E-state index contributed by atoms with van der Waals surface area (Å²) in [5.41, 5.74) is 0. The van der Waals surface area contributed by atoms with Crippen LogP contribution in [0.4, 0.5) is 0 Å². The van der Waals surface area contributed by atoms with Gasteiger partial charge in [0.1, 0.15) is 6.33 Å². The van der Waals surface area contributed by atoms with Crippen molar-refractivity contribution >= 4 is 22.5 Å². The lowest BCUT2D eigenvalue weighted by Gasteiger charge is -2.16. The summed E-state index contributed by atoms with van der Waals surface area (Å²) in [7, 11) is -1.13. The number of hydrogen-bond acceptors (Lipinski definition) is 6. The Bertz CT molecular complexity index is 521. The van der Waals surface area contributed by atoms with Gasteiger partial charge >= 0.3 is 0 Å². The minimum Gasteiger partial charge on any atom is -0.303 e. The first-order chi connectivity index (χ1) is 9.26. The molecule has 0 aliphatic rings. The van der Waals surface area contributed by atoms with Gasteiger partial charge in [-0.25, -0.2) is 4.98 Å². The predicted octanol–water partition coefficient (Wildman–Crippen LogP) is 1.17. The smallest absolute Gasteiger partial charge is 0.188 e. The Kier molecular flexibility index (Phi) is 5.17. The van der Waals surface area contributed by atoms with E-state index in [1.807, 2.05) is 0 Å². The van der Waals surface area contributed by atoms with Gasteiger partial charge in [-0.2, -0.15) is 8.75 Å². The van der Waals surface area contributed by atoms with E-state index in [-0.39, 0.29) is 0 Å². The maximum atomic E-state index is 12.3. The Morgan fingerprint density at radius 3 is 2.79 bits per heavy atom. The molecule has 2 aromatic rings. The van der Waals surface area contributed by atoms with Gasteiger partial charge in [0.05, 0.1) is 22.5 Å². The van der Waals surface area contributed by atoms with E-state index < -0.39 is 10.8 Å². The van der Waals surface area contributed by atoms with Gasteiger partial charge < -0.3 is 4.90 Å². The molecular formula is C11H17N5OS2. The van der Waals surface area contributed by atoms with Crippen LogP contribution in [-0.4, -0.2) is 52.8 Å². The van der Waals surface area contributed by atoms with Gasteiger partial charge in [0.25, 0.3) is 0 Å². The molecule has 0 aliphatic carbocycles. The number of rotatable bonds is 7. The van der Waals surface area contributed by atoms with Crippen LogP contribution < -0.4 is 0 Å². The molecule has 1 atom stereocenters. The fraction of sp³-hybridized carbons (Fsp3) is 0.545. The maximum Gasteiger partial charge on any atom is 0.188 e. The van der Waals surface area contributed by atoms with Gasteiger partial charge in [0.15, 0.2) is 10.8 Å². The Balaban J connectivity index is 2.06. The van der Waals surface area contributed by atoms with E-state index in [2.05, 4.69) is 32.5 Å². The molecule has 2 rings (SSSR count). The summed E-state index contributed by atoms with van der Waals surface area (Å²) < 4.78 is 22.4. The minimum absolute atomic E-state index is 0.551. The molecule has 0 spiro atoms. The van der Waals surface area contributed by atoms with Crippen molar-refractivity contribution in [1.82, 2.24) is 23.2 Å². The summed E-state index contributed by atoms with van der Waals surface area (Å²) in [6.45, 7) is 6.96. The maximum absolute atomic E-state index is 12.3. The van der Waals surface area contributed by atoms with Crippen LogP contribution in [-0.2, 0) is 10.8 Å². The van der Waals surface area contributed by atoms with Crippen molar-refractivity contribution in [2.24, 2.45) is 0 Å². The number of hydrogen-bond donors (Lipinski definition) is 0. The molecule has 0 bridgehead atoms. The SMILES string of the molecule is CCN(CC)CCS(=O)c1nsnc1-n1ccnc1. The van der Waals surface area contributed by atoms with E-state index in [1.165, 1.54) is 0 Å². The Morgan fingerprint density at radius 1 is 1.37 bits per heavy atom. The molecule has 0 amide bonds. The highest BCUT2D eigenvalue weighted by Gasteiger charge is 2.17. The molecule has 2 heterocycles. The summed E-state index contributed by atoms with van der Waals surface area (Å²) >= 11 is 1.08. The van der Waals surface area contributed by atoms with Crippen LogP contribution in [0.25, 0.3) is 5.82 Å². The van der Waals surface area contributed by atoms with Gasteiger partial charge in [-0.1, -0.05) is 13.8 Å². The monoisotopic (exact) mass is 299 g/mol. The van der Waals surface area contributed by atoms with Crippen LogP contribution >= 0.6 is 11.7 Å². The molecule has 0 saturated carbocycles. The van der Waals surface area contributed by atoms with E-state index in [9.17, 15) is 4.21 Å². The van der Waals surface area contributed by atoms with Crippen molar-refractivity contribution in [3.63, 3.8) is 0 Å². The lowest BCUT2D eigenvalue weighted by Crippen LogP contribution is -2.27. The third-order valence-electron chi connectivity index (χ3n) is 2.89. The van der Waals surface area contributed by atoms with Crippen LogP contribution in [0, 0.1) is 0 Å². The Morgan fingerprint density at radius 2 is 2.16 bits per heavy atom. The molecule has 0 N–H and O–H groups in total. The van der Waals surface area contributed by atoms with E-state index >= 15 is 0 Å². The molecule has 0 fully saturated rings. The van der Waals surface area contributed by atoms with E-state index in [0.29, 0.717) is 16.6 Å². The number of aromatic nitrogens is 4. The number of imidazole rings is 1. The first-order valence-corrected chi connectivity index (χ1v) is 8.22. The zero-order valence-corrected chi connectivity index (χ0v) is 12.7. The highest BCUT2D eigenvalue weighted by Crippen LogP contribution is 2.15. The van der Waals surface area contributed by atoms with Gasteiger partial charge in [-0.3, -0.25) is 8.78 Å². The van der Waals surface area contributed by atoms with Crippen molar-refractivity contribution < 1.29 is 4.21 Å². The van der Waals surface area contributed by atoms with Crippen molar-refractivity contribution in [2.45, 2.75) is 18.9 Å². The molecule has 1 unspecified atom stereocenters. The van der Waals surface area contributed by atoms with Crippen molar-refractivity contribution in [2.75, 3.05) is 25.4 Å². The third-order valence-corrected chi connectivity index (χ3v) is 4.79. The summed E-state index contributed by atoms with van der Waals surface area (Å²) in [4.78, 5) is 6.22. The molecule has 0 saturated heterocycles. The Hall–Kier alpha value is -1.12. The topological polar surface area (TPSA) is 63.9 Å². The standard InChI is InChI=1S/C11H17N5OS2/c1-3-15(4-2)7-8-19(17)11-10(13-18-14-11)16-6-5-12-9-16/h5-6,9H,3-4,7-8H2,1-2H3. The molecule has 0 aliphatic heterocycles. The highest BCUT2D eigenvalue weighted by molar-refractivity contribution is 7.85. The minimum atomic E-state index is -1.13. The van der Waals surface area contributed by atoms with Gasteiger partial charge in [0.2, 0.25) is 0 Å². The van der Waals surface area contributed by atoms with Gasteiger partial charge in [0, 0.05) is 24.7 Å². The van der Waals surface area contributed by atoms with Crippen molar-refractivity contribution in [3.8, 4) is 5.82 Å². The zero-order chi connectivity index (χ0) is 13.7. The molecule has 0 radical (unpaired) electrons. The van der Waals surface area contributed by atoms with Crippen molar-refractivity contribution in [3.05, 3.63) is 18.7 Å². The van der Waals surface area contributed by atoms with Gasteiger partial charge in [-0.05, 0) is 13.1 Å². The highest BCUT2D eigenvalue weighted by atomic mass is 32.2. The van der Waals surface area contributed by atoms with Crippen LogP contribution in [0.3, 0.4) is 0 Å². The Labute approximate surface area is 119 Å². The first kappa shape index (κ1) is 14.3. The normalized spacial score (nSPS) is 13.0. The molecule has 8 heteroatoms. The van der Waals surface area contributed by atoms with E-state index in [4.69, 9.17) is 0 Å². The molecule has 2 aromatic heterocycles. The van der Waals surface area contributed by atoms with Crippen LogP contribution in [0.2, 0.25) is 0 Å². The second-order valence-corrected chi connectivity index (χ2v) is 5.95. The molecule has 19 heavy (non-hydrogen) atoms. The largest absolute Gasteiger partial charge is 0.303 e. The van der Waals surface area contributed by atoms with Crippen LogP contribution in [0.5, 0.6) is 0 Å². The van der Waals surface area contributed by atoms with Gasteiger partial charge in [-0.15, -0.1) is 0 Å². The summed E-state index contributed by atoms with van der Waals surface area (Å²) in [6, 6.07) is 0. The average molecular weight is 299 g/mol. The second-order valence-electron chi connectivity index (χ2n) is 3.94. The predicted molar refractivity (Wildman–Crippen MR) is 76.1 cm³/mol. The molecule has 104 valence electrons. The van der Waals surface area contributed by atoms with Crippen molar-refractivity contribution in [1.29, 1.82) is 0 Å². The number of nitrogens with zero attached hydrogens (tertiary/aromatic N) is 5. The van der Waals surface area contributed by atoms with Crippen LogP contribution in [0.1, 0.15) is 13.8 Å². The summed E-state index contributed by atoms with van der Waals surface area (Å²) in [5, 5.41) is 0.551. The lowest BCUT2D eigenvalue weighted by atomic mass is 10.5. The second kappa shape index (κ2) is 6.88. The zero-order valence-electron chi connectivity index (χ0n) is 11.0. The quantitative estimate of drug-likeness (QED) is 0.768. The average Bonchev–Trinajstić information content (AvgIpc) is 3.10. The lowest BCUT2D eigenvalue weighted by molar-refractivity contribution is 0.323. The molecule has 0 aromatic carbocycles. The van der Waals surface area contributed by atoms with Crippen LogP contribution in [0.15, 0.2) is 23.7 Å². The van der Waals surface area contributed by atoms with E-state index in [1.54, 1.807) is 23.3 Å². The third kappa shape index (κ3) is 3.46. The summed E-state index contributed by atoms with van der Waals surface area (Å²) in [5.74, 6) is 1.20. The molecule has 6 nitrogen and oxygen atoms in total. The first-order valence-electron chi connectivity index (χ1n) is 6.17. The molecular weight excluding hydrogens is 282 g/mol. The van der Waals surface area contributed by atoms with E-state index in [0.717, 1.165) is 31.4 Å². The summed E-state index contributed by atoms with van der Waals surface area (Å²) in [6.07, 6.45) is 5.09.